The average Bonchev–Trinajstić information content (AvgIpc) is 2.92. The van der Waals surface area contributed by atoms with Crippen LogP contribution in [0.15, 0.2) is 29.3 Å². The number of hydrogen-bond donors (Lipinski definition) is 2. The van der Waals surface area contributed by atoms with Crippen LogP contribution in [-0.4, -0.2) is 45.4 Å². The zero-order valence-corrected chi connectivity index (χ0v) is 12.7. The van der Waals surface area contributed by atoms with Crippen LogP contribution in [-0.2, 0) is 21.5 Å². The summed E-state index contributed by atoms with van der Waals surface area (Å²) in [5.41, 5.74) is 2.12. The van der Waals surface area contributed by atoms with E-state index in [-0.39, 0.29) is 0 Å². The van der Waals surface area contributed by atoms with Gasteiger partial charge in [0.05, 0.1) is 26.3 Å². The zero-order chi connectivity index (χ0) is 14.7. The number of guanidine groups is 1. The molecule has 0 radical (unpaired) electrons. The van der Waals surface area contributed by atoms with Crippen molar-refractivity contribution >= 4 is 5.96 Å². The van der Waals surface area contributed by atoms with E-state index in [0.29, 0.717) is 19.2 Å². The normalized spacial score (nSPS) is 27.7. The van der Waals surface area contributed by atoms with Crippen molar-refractivity contribution < 1.29 is 9.47 Å². The molecule has 0 spiro atoms. The summed E-state index contributed by atoms with van der Waals surface area (Å²) in [5.74, 6) is 0.852. The van der Waals surface area contributed by atoms with Gasteiger partial charge in [-0.05, 0) is 24.5 Å². The number of aliphatic imine (C=N–C) groups is 1. The van der Waals surface area contributed by atoms with Gasteiger partial charge in [0, 0.05) is 13.2 Å². The van der Waals surface area contributed by atoms with Crippen molar-refractivity contribution in [2.75, 3.05) is 33.4 Å². The first kappa shape index (κ1) is 14.4. The lowest BCUT2D eigenvalue weighted by Gasteiger charge is -2.39. The first-order chi connectivity index (χ1) is 10.2. The lowest BCUT2D eigenvalue weighted by atomic mass is 9.86. The monoisotopic (exact) mass is 289 g/mol. The molecule has 2 aliphatic rings. The third-order valence-corrected chi connectivity index (χ3v) is 4.08. The minimum absolute atomic E-state index is 0.394. The van der Waals surface area contributed by atoms with Gasteiger partial charge in [0.2, 0.25) is 0 Å². The number of benzene rings is 1. The third kappa shape index (κ3) is 2.89. The predicted octanol–water partition coefficient (Wildman–Crippen LogP) is 1.04. The molecule has 3 rings (SSSR count). The minimum atomic E-state index is -0.445. The van der Waals surface area contributed by atoms with Crippen molar-refractivity contribution in [3.63, 3.8) is 0 Å². The molecule has 2 aliphatic heterocycles. The Morgan fingerprint density at radius 3 is 3.10 bits per heavy atom. The van der Waals surface area contributed by atoms with Crippen LogP contribution < -0.4 is 10.6 Å². The highest BCUT2D eigenvalue weighted by atomic mass is 16.5. The van der Waals surface area contributed by atoms with Crippen LogP contribution >= 0.6 is 0 Å². The lowest BCUT2D eigenvalue weighted by Crippen LogP contribution is -2.51. The zero-order valence-electron chi connectivity index (χ0n) is 12.7. The second-order valence-corrected chi connectivity index (χ2v) is 5.77. The molecule has 0 saturated heterocycles. The maximum atomic E-state index is 6.15. The number of hydrogen-bond acceptors (Lipinski definition) is 5. The maximum Gasteiger partial charge on any atom is 0.191 e. The quantitative estimate of drug-likeness (QED) is 0.869. The Balaban J connectivity index is 1.80. The summed E-state index contributed by atoms with van der Waals surface area (Å²) in [6, 6.07) is 8.85. The first-order valence-electron chi connectivity index (χ1n) is 7.50. The summed E-state index contributed by atoms with van der Waals surface area (Å²) in [5, 5.41) is 6.70. The molecule has 114 valence electrons. The first-order valence-corrected chi connectivity index (χ1v) is 7.50. The van der Waals surface area contributed by atoms with Gasteiger partial charge in [0.15, 0.2) is 5.96 Å². The number of ether oxygens (including phenoxy) is 2. The van der Waals surface area contributed by atoms with Gasteiger partial charge in [-0.2, -0.15) is 0 Å². The Bertz CT molecular complexity index is 532. The van der Waals surface area contributed by atoms with Gasteiger partial charge >= 0.3 is 0 Å². The van der Waals surface area contributed by atoms with E-state index in [1.807, 2.05) is 0 Å². The van der Waals surface area contributed by atoms with Gasteiger partial charge < -0.3 is 20.1 Å². The van der Waals surface area contributed by atoms with Crippen molar-refractivity contribution in [1.29, 1.82) is 0 Å². The van der Waals surface area contributed by atoms with E-state index in [9.17, 15) is 0 Å². The molecule has 0 saturated carbocycles. The molecule has 2 atom stereocenters. The lowest BCUT2D eigenvalue weighted by molar-refractivity contribution is -0.0988. The Kier molecular flexibility index (Phi) is 4.12. The Morgan fingerprint density at radius 2 is 2.33 bits per heavy atom. The fraction of sp³-hybridized carbons (Fsp3) is 0.562. The summed E-state index contributed by atoms with van der Waals surface area (Å²) in [4.78, 5) is 4.45. The molecular weight excluding hydrogens is 266 g/mol. The number of nitrogens with one attached hydrogen (secondary N) is 2. The van der Waals surface area contributed by atoms with Gasteiger partial charge in [-0.15, -0.1) is 0 Å². The van der Waals surface area contributed by atoms with Crippen molar-refractivity contribution in [2.24, 2.45) is 4.99 Å². The van der Waals surface area contributed by atoms with E-state index in [1.54, 1.807) is 7.11 Å². The molecule has 0 amide bonds. The molecule has 5 heteroatoms. The molecule has 0 fully saturated rings. The van der Waals surface area contributed by atoms with E-state index < -0.39 is 5.60 Å². The summed E-state index contributed by atoms with van der Waals surface area (Å²) >= 11 is 0. The smallest absolute Gasteiger partial charge is 0.191 e. The van der Waals surface area contributed by atoms with Gasteiger partial charge in [-0.25, -0.2) is 0 Å². The van der Waals surface area contributed by atoms with Crippen LogP contribution in [0, 0.1) is 0 Å². The van der Waals surface area contributed by atoms with Crippen LogP contribution in [0.3, 0.4) is 0 Å². The van der Waals surface area contributed by atoms with Crippen LogP contribution in [0.1, 0.15) is 18.1 Å². The average molecular weight is 289 g/mol. The second kappa shape index (κ2) is 6.03. The predicted molar refractivity (Wildman–Crippen MR) is 82.6 cm³/mol. The van der Waals surface area contributed by atoms with Crippen molar-refractivity contribution in [2.45, 2.75) is 25.0 Å². The number of methoxy groups -OCH3 is 1. The second-order valence-electron chi connectivity index (χ2n) is 5.77. The standard InChI is InChI=1S/C16H23N3O2/c1-12-9-17-15(19-12)18-10-16(11-20-2)14-6-4-3-5-13(14)7-8-21-16/h3-6,12H,7-11H2,1-2H3,(H2,17,18,19). The van der Waals surface area contributed by atoms with Crippen molar-refractivity contribution in [3.05, 3.63) is 35.4 Å². The van der Waals surface area contributed by atoms with Crippen LogP contribution in [0.25, 0.3) is 0 Å². The van der Waals surface area contributed by atoms with Crippen molar-refractivity contribution in [3.8, 4) is 0 Å². The molecule has 1 aromatic rings. The summed E-state index contributed by atoms with van der Waals surface area (Å²) in [6.45, 7) is 4.83. The van der Waals surface area contributed by atoms with Gasteiger partial charge in [-0.1, -0.05) is 24.3 Å². The van der Waals surface area contributed by atoms with Gasteiger partial charge in [0.1, 0.15) is 5.60 Å². The number of rotatable bonds is 4. The highest BCUT2D eigenvalue weighted by molar-refractivity contribution is 5.81. The topological polar surface area (TPSA) is 54.9 Å². The van der Waals surface area contributed by atoms with E-state index in [1.165, 1.54) is 11.1 Å². The largest absolute Gasteiger partial charge is 0.381 e. The third-order valence-electron chi connectivity index (χ3n) is 4.08. The van der Waals surface area contributed by atoms with Crippen LogP contribution in [0.5, 0.6) is 0 Å². The fourth-order valence-electron chi connectivity index (χ4n) is 3.05. The molecule has 2 unspecified atom stereocenters. The minimum Gasteiger partial charge on any atom is -0.381 e. The molecule has 0 bridgehead atoms. The highest BCUT2D eigenvalue weighted by Crippen LogP contribution is 2.33. The Hall–Kier alpha value is -1.59. The molecule has 2 N–H and O–H groups in total. The van der Waals surface area contributed by atoms with Gasteiger partial charge in [0.25, 0.3) is 0 Å². The van der Waals surface area contributed by atoms with Crippen molar-refractivity contribution in [1.82, 2.24) is 10.6 Å². The Morgan fingerprint density at radius 1 is 1.48 bits per heavy atom. The number of nitrogens with zero attached hydrogens (tertiary/aromatic N) is 1. The van der Waals surface area contributed by atoms with Crippen LogP contribution in [0.4, 0.5) is 0 Å². The maximum absolute atomic E-state index is 6.15. The SMILES string of the molecule is COCC1(CNC2=NCC(C)N2)OCCc2ccccc21. The van der Waals surface area contributed by atoms with E-state index in [0.717, 1.165) is 25.5 Å². The fourth-order valence-corrected chi connectivity index (χ4v) is 3.05. The molecule has 0 aromatic heterocycles. The highest BCUT2D eigenvalue weighted by Gasteiger charge is 2.38. The van der Waals surface area contributed by atoms with E-state index in [2.05, 4.69) is 46.8 Å². The molecular formula is C16H23N3O2. The Labute approximate surface area is 125 Å². The molecule has 2 heterocycles. The van der Waals surface area contributed by atoms with E-state index in [4.69, 9.17) is 9.47 Å². The van der Waals surface area contributed by atoms with E-state index >= 15 is 0 Å². The molecule has 0 aliphatic carbocycles. The number of fused-ring (bicyclic) bond motifs is 1. The summed E-state index contributed by atoms with van der Waals surface area (Å²) < 4.78 is 11.6. The summed E-state index contributed by atoms with van der Waals surface area (Å²) in [6.07, 6.45) is 0.956. The molecule has 5 nitrogen and oxygen atoms in total. The molecule has 21 heavy (non-hydrogen) atoms. The summed E-state index contributed by atoms with van der Waals surface area (Å²) in [7, 11) is 1.72. The molecule has 1 aromatic carbocycles. The van der Waals surface area contributed by atoms with Crippen LogP contribution in [0.2, 0.25) is 0 Å². The van der Waals surface area contributed by atoms with Gasteiger partial charge in [-0.3, -0.25) is 4.99 Å².